The summed E-state index contributed by atoms with van der Waals surface area (Å²) in [5.41, 5.74) is 0.581. The molecule has 2 heterocycles. The fourth-order valence-corrected chi connectivity index (χ4v) is 2.09. The zero-order chi connectivity index (χ0) is 13.5. The van der Waals surface area contributed by atoms with Gasteiger partial charge in [0.15, 0.2) is 0 Å². The molecule has 19 heavy (non-hydrogen) atoms. The van der Waals surface area contributed by atoms with Gasteiger partial charge < -0.3 is 15.4 Å². The lowest BCUT2D eigenvalue weighted by molar-refractivity contribution is 0.0169. The molecule has 104 valence electrons. The van der Waals surface area contributed by atoms with Gasteiger partial charge in [0.1, 0.15) is 5.82 Å². The van der Waals surface area contributed by atoms with Gasteiger partial charge in [0.25, 0.3) is 5.91 Å². The van der Waals surface area contributed by atoms with Gasteiger partial charge in [-0.1, -0.05) is 0 Å². The number of aromatic nitrogens is 1. The van der Waals surface area contributed by atoms with Gasteiger partial charge in [-0.05, 0) is 38.3 Å². The number of nitrogens with zero attached hydrogens (tertiary/aromatic N) is 1. The van der Waals surface area contributed by atoms with Crippen LogP contribution in [0, 0.1) is 0 Å². The maximum Gasteiger partial charge on any atom is 0.252 e. The highest BCUT2D eigenvalue weighted by atomic mass is 16.5. The lowest BCUT2D eigenvalue weighted by atomic mass is 10.1. The van der Waals surface area contributed by atoms with Gasteiger partial charge in [-0.25, -0.2) is 4.98 Å². The molecule has 1 unspecified atom stereocenters. The van der Waals surface area contributed by atoms with Crippen molar-refractivity contribution in [2.75, 3.05) is 25.0 Å². The number of amides is 1. The Balaban J connectivity index is 1.81. The van der Waals surface area contributed by atoms with Gasteiger partial charge in [-0.2, -0.15) is 0 Å². The van der Waals surface area contributed by atoms with E-state index in [1.165, 1.54) is 6.42 Å². The van der Waals surface area contributed by atoms with Gasteiger partial charge in [0.2, 0.25) is 0 Å². The Morgan fingerprint density at radius 1 is 1.47 bits per heavy atom. The first kappa shape index (κ1) is 13.8. The van der Waals surface area contributed by atoms with Crippen LogP contribution in [0.3, 0.4) is 0 Å². The summed E-state index contributed by atoms with van der Waals surface area (Å²) in [6, 6.07) is 3.59. The van der Waals surface area contributed by atoms with Crippen molar-refractivity contribution in [1.29, 1.82) is 0 Å². The smallest absolute Gasteiger partial charge is 0.252 e. The Labute approximate surface area is 113 Å². The van der Waals surface area contributed by atoms with Gasteiger partial charge in [-0.15, -0.1) is 0 Å². The molecule has 2 rings (SSSR count). The Kier molecular flexibility index (Phi) is 5.15. The minimum Gasteiger partial charge on any atom is -0.376 e. The molecular formula is C14H21N3O2. The molecular weight excluding hydrogens is 242 g/mol. The third kappa shape index (κ3) is 4.21. The lowest BCUT2D eigenvalue weighted by Crippen LogP contribution is -2.35. The summed E-state index contributed by atoms with van der Waals surface area (Å²) >= 11 is 0. The first-order valence-electron chi connectivity index (χ1n) is 6.89. The number of ether oxygens (including phenoxy) is 1. The molecule has 1 aliphatic heterocycles. The maximum atomic E-state index is 11.9. The normalized spacial score (nSPS) is 18.9. The summed E-state index contributed by atoms with van der Waals surface area (Å²) in [5, 5.41) is 5.99. The van der Waals surface area contributed by atoms with E-state index in [1.807, 2.05) is 13.0 Å². The van der Waals surface area contributed by atoms with Crippen LogP contribution in [0.15, 0.2) is 18.3 Å². The van der Waals surface area contributed by atoms with E-state index in [-0.39, 0.29) is 12.0 Å². The van der Waals surface area contributed by atoms with E-state index in [0.717, 1.165) is 31.8 Å². The topological polar surface area (TPSA) is 63.2 Å². The summed E-state index contributed by atoms with van der Waals surface area (Å²) in [5.74, 6) is 0.694. The number of carbonyl (C=O) groups is 1. The average molecular weight is 263 g/mol. The van der Waals surface area contributed by atoms with Crippen LogP contribution in [0.25, 0.3) is 0 Å². The molecule has 5 heteroatoms. The zero-order valence-corrected chi connectivity index (χ0v) is 11.3. The molecule has 2 N–H and O–H groups in total. The zero-order valence-electron chi connectivity index (χ0n) is 11.3. The van der Waals surface area contributed by atoms with Crippen LogP contribution in [-0.2, 0) is 4.74 Å². The van der Waals surface area contributed by atoms with Crippen molar-refractivity contribution in [1.82, 2.24) is 10.3 Å². The second kappa shape index (κ2) is 7.09. The number of rotatable bonds is 5. The van der Waals surface area contributed by atoms with E-state index >= 15 is 0 Å². The standard InChI is InChI=1S/C14H21N3O2/c1-2-15-13-7-6-11(9-16-13)14(18)17-10-12-5-3-4-8-19-12/h6-7,9,12H,2-5,8,10H2,1H3,(H,15,16)(H,17,18). The second-order valence-corrected chi connectivity index (χ2v) is 4.66. The minimum atomic E-state index is -0.0929. The molecule has 0 radical (unpaired) electrons. The van der Waals surface area contributed by atoms with Gasteiger partial charge in [0, 0.05) is 25.9 Å². The van der Waals surface area contributed by atoms with E-state index in [1.54, 1.807) is 12.3 Å². The number of hydrogen-bond donors (Lipinski definition) is 2. The number of pyridine rings is 1. The van der Waals surface area contributed by atoms with E-state index in [4.69, 9.17) is 4.74 Å². The predicted molar refractivity (Wildman–Crippen MR) is 74.3 cm³/mol. The van der Waals surface area contributed by atoms with E-state index in [9.17, 15) is 4.79 Å². The van der Waals surface area contributed by atoms with Crippen molar-refractivity contribution >= 4 is 11.7 Å². The van der Waals surface area contributed by atoms with Crippen LogP contribution in [0.1, 0.15) is 36.5 Å². The van der Waals surface area contributed by atoms with Gasteiger partial charge >= 0.3 is 0 Å². The predicted octanol–water partition coefficient (Wildman–Crippen LogP) is 1.81. The first-order valence-corrected chi connectivity index (χ1v) is 6.89. The highest BCUT2D eigenvalue weighted by Gasteiger charge is 2.15. The summed E-state index contributed by atoms with van der Waals surface area (Å²) in [7, 11) is 0. The van der Waals surface area contributed by atoms with Crippen molar-refractivity contribution in [3.05, 3.63) is 23.9 Å². The average Bonchev–Trinajstić information content (AvgIpc) is 2.47. The van der Waals surface area contributed by atoms with Gasteiger partial charge in [0.05, 0.1) is 11.7 Å². The van der Waals surface area contributed by atoms with Crippen LogP contribution in [0.2, 0.25) is 0 Å². The highest BCUT2D eigenvalue weighted by Crippen LogP contribution is 2.12. The molecule has 0 aromatic carbocycles. The largest absolute Gasteiger partial charge is 0.376 e. The van der Waals surface area contributed by atoms with Crippen molar-refractivity contribution in [2.24, 2.45) is 0 Å². The fraction of sp³-hybridized carbons (Fsp3) is 0.571. The molecule has 1 atom stereocenters. The van der Waals surface area contributed by atoms with Crippen molar-refractivity contribution in [3.8, 4) is 0 Å². The Morgan fingerprint density at radius 3 is 3.00 bits per heavy atom. The molecule has 1 fully saturated rings. The molecule has 1 aromatic heterocycles. The molecule has 1 aromatic rings. The number of anilines is 1. The molecule has 1 amide bonds. The summed E-state index contributed by atoms with van der Waals surface area (Å²) in [6.07, 6.45) is 5.08. The van der Waals surface area contributed by atoms with Crippen molar-refractivity contribution < 1.29 is 9.53 Å². The number of nitrogens with one attached hydrogen (secondary N) is 2. The van der Waals surface area contributed by atoms with Crippen molar-refractivity contribution in [3.63, 3.8) is 0 Å². The Hall–Kier alpha value is -1.62. The third-order valence-electron chi connectivity index (χ3n) is 3.15. The number of hydrogen-bond acceptors (Lipinski definition) is 4. The quantitative estimate of drug-likeness (QED) is 0.850. The fourth-order valence-electron chi connectivity index (χ4n) is 2.09. The monoisotopic (exact) mass is 263 g/mol. The molecule has 0 aliphatic carbocycles. The first-order chi connectivity index (χ1) is 9.29. The molecule has 1 aliphatic rings. The maximum absolute atomic E-state index is 11.9. The molecule has 5 nitrogen and oxygen atoms in total. The van der Waals surface area contributed by atoms with Crippen LogP contribution in [0.5, 0.6) is 0 Å². The molecule has 0 saturated carbocycles. The second-order valence-electron chi connectivity index (χ2n) is 4.66. The summed E-state index contributed by atoms with van der Waals surface area (Å²) < 4.78 is 5.57. The Bertz CT molecular complexity index is 400. The summed E-state index contributed by atoms with van der Waals surface area (Å²) in [6.45, 7) is 4.21. The van der Waals surface area contributed by atoms with E-state index in [2.05, 4.69) is 15.6 Å². The highest BCUT2D eigenvalue weighted by molar-refractivity contribution is 5.94. The molecule has 0 bridgehead atoms. The van der Waals surface area contributed by atoms with E-state index in [0.29, 0.717) is 12.1 Å². The van der Waals surface area contributed by atoms with Crippen LogP contribution >= 0.6 is 0 Å². The number of carbonyl (C=O) groups excluding carboxylic acids is 1. The van der Waals surface area contributed by atoms with E-state index < -0.39 is 0 Å². The van der Waals surface area contributed by atoms with Crippen LogP contribution in [-0.4, -0.2) is 36.7 Å². The summed E-state index contributed by atoms with van der Waals surface area (Å²) in [4.78, 5) is 16.1. The SMILES string of the molecule is CCNc1ccc(C(=O)NCC2CCCCO2)cn1. The Morgan fingerprint density at radius 2 is 2.37 bits per heavy atom. The van der Waals surface area contributed by atoms with Crippen LogP contribution in [0.4, 0.5) is 5.82 Å². The lowest BCUT2D eigenvalue weighted by Gasteiger charge is -2.22. The molecule has 0 spiro atoms. The third-order valence-corrected chi connectivity index (χ3v) is 3.15. The van der Waals surface area contributed by atoms with Crippen molar-refractivity contribution in [2.45, 2.75) is 32.3 Å². The van der Waals surface area contributed by atoms with Gasteiger partial charge in [-0.3, -0.25) is 4.79 Å². The van der Waals surface area contributed by atoms with Crippen LogP contribution < -0.4 is 10.6 Å². The molecule has 1 saturated heterocycles. The minimum absolute atomic E-state index is 0.0929.